The Kier molecular flexibility index (Phi) is 3.98. The third-order valence-electron chi connectivity index (χ3n) is 3.85. The second-order valence-electron chi connectivity index (χ2n) is 5.50. The fourth-order valence-electron chi connectivity index (χ4n) is 2.51. The van der Waals surface area contributed by atoms with Gasteiger partial charge in [-0.25, -0.2) is 4.79 Å². The van der Waals surface area contributed by atoms with Gasteiger partial charge in [-0.1, -0.05) is 42.0 Å². The van der Waals surface area contributed by atoms with Crippen LogP contribution in [0.25, 0.3) is 11.0 Å². The van der Waals surface area contributed by atoms with Crippen LogP contribution in [0.3, 0.4) is 0 Å². The zero-order valence-electron chi connectivity index (χ0n) is 12.7. The van der Waals surface area contributed by atoms with Crippen molar-refractivity contribution >= 4 is 16.8 Å². The van der Waals surface area contributed by atoms with Crippen LogP contribution in [0.4, 0.5) is 0 Å². The topological polar surface area (TPSA) is 67.5 Å². The lowest BCUT2D eigenvalue weighted by molar-refractivity contribution is 0.0982. The molecule has 0 spiro atoms. The van der Waals surface area contributed by atoms with Gasteiger partial charge in [0.2, 0.25) is 0 Å². The molecule has 0 atom stereocenters. The van der Waals surface area contributed by atoms with Crippen LogP contribution in [0.15, 0.2) is 57.7 Å². The molecular formula is C19H16O4. The van der Waals surface area contributed by atoms with Gasteiger partial charge in [0.05, 0.1) is 10.9 Å². The van der Waals surface area contributed by atoms with Gasteiger partial charge in [0.1, 0.15) is 11.3 Å². The monoisotopic (exact) mass is 308 g/mol. The number of carbonyl (C=O) groups excluding carboxylic acids is 1. The van der Waals surface area contributed by atoms with E-state index in [0.29, 0.717) is 16.5 Å². The van der Waals surface area contributed by atoms with Crippen molar-refractivity contribution in [1.82, 2.24) is 0 Å². The van der Waals surface area contributed by atoms with E-state index in [2.05, 4.69) is 0 Å². The standard InChI is InChI=1S/C19H16O4/c1-12-6-8-13(9-7-12)16(20)11-10-15-18(21)14-4-2-3-5-17(14)23-19(15)22/h2-9,21H,10-11H2,1H3. The number of rotatable bonds is 4. The molecule has 1 N–H and O–H groups in total. The second-order valence-corrected chi connectivity index (χ2v) is 5.50. The van der Waals surface area contributed by atoms with Gasteiger partial charge in [-0.15, -0.1) is 0 Å². The summed E-state index contributed by atoms with van der Waals surface area (Å²) in [7, 11) is 0. The molecule has 0 aliphatic rings. The summed E-state index contributed by atoms with van der Waals surface area (Å²) in [6.45, 7) is 1.95. The molecule has 0 amide bonds. The maximum Gasteiger partial charge on any atom is 0.343 e. The molecule has 0 aliphatic heterocycles. The molecule has 23 heavy (non-hydrogen) atoms. The molecule has 0 bridgehead atoms. The highest BCUT2D eigenvalue weighted by Crippen LogP contribution is 2.26. The number of hydrogen-bond acceptors (Lipinski definition) is 4. The van der Waals surface area contributed by atoms with E-state index >= 15 is 0 Å². The molecule has 3 aromatic rings. The number of aromatic hydroxyl groups is 1. The van der Waals surface area contributed by atoms with Crippen LogP contribution in [0.1, 0.15) is 27.9 Å². The van der Waals surface area contributed by atoms with Gasteiger partial charge in [-0.2, -0.15) is 0 Å². The number of para-hydroxylation sites is 1. The van der Waals surface area contributed by atoms with Gasteiger partial charge in [0, 0.05) is 12.0 Å². The van der Waals surface area contributed by atoms with Gasteiger partial charge in [0.15, 0.2) is 5.78 Å². The van der Waals surface area contributed by atoms with E-state index in [1.807, 2.05) is 19.1 Å². The van der Waals surface area contributed by atoms with Crippen LogP contribution in [0.2, 0.25) is 0 Å². The minimum absolute atomic E-state index is 0.0723. The minimum atomic E-state index is -0.599. The number of ketones is 1. The lowest BCUT2D eigenvalue weighted by Gasteiger charge is -2.06. The average Bonchev–Trinajstić information content (AvgIpc) is 2.55. The Balaban J connectivity index is 1.86. The summed E-state index contributed by atoms with van der Waals surface area (Å²) in [6.07, 6.45) is 0.283. The van der Waals surface area contributed by atoms with Crippen molar-refractivity contribution in [3.8, 4) is 5.75 Å². The number of hydrogen-bond donors (Lipinski definition) is 1. The molecule has 0 fully saturated rings. The molecule has 0 aliphatic carbocycles. The van der Waals surface area contributed by atoms with E-state index in [9.17, 15) is 14.7 Å². The van der Waals surface area contributed by atoms with Crippen LogP contribution in [-0.2, 0) is 6.42 Å². The molecule has 0 unspecified atom stereocenters. The Morgan fingerprint density at radius 1 is 1.09 bits per heavy atom. The maximum atomic E-state index is 12.2. The smallest absolute Gasteiger partial charge is 0.343 e. The molecule has 1 heterocycles. The normalized spacial score (nSPS) is 10.8. The van der Waals surface area contributed by atoms with E-state index in [1.54, 1.807) is 36.4 Å². The molecule has 3 rings (SSSR count). The van der Waals surface area contributed by atoms with Crippen LogP contribution in [-0.4, -0.2) is 10.9 Å². The Bertz CT molecular complexity index is 920. The SMILES string of the molecule is Cc1ccc(C(=O)CCc2c(O)c3ccccc3oc2=O)cc1. The first kappa shape index (κ1) is 15.0. The Morgan fingerprint density at radius 2 is 1.78 bits per heavy atom. The Morgan fingerprint density at radius 3 is 2.52 bits per heavy atom. The van der Waals surface area contributed by atoms with Gasteiger partial charge in [-0.3, -0.25) is 4.79 Å². The Hall–Kier alpha value is -2.88. The first-order valence-electron chi connectivity index (χ1n) is 7.40. The predicted octanol–water partition coefficient (Wildman–Crippen LogP) is 3.62. The third kappa shape index (κ3) is 3.01. The maximum absolute atomic E-state index is 12.2. The van der Waals surface area contributed by atoms with Gasteiger partial charge >= 0.3 is 5.63 Å². The largest absolute Gasteiger partial charge is 0.507 e. The van der Waals surface area contributed by atoms with Gasteiger partial charge in [-0.05, 0) is 25.5 Å². The van der Waals surface area contributed by atoms with E-state index in [4.69, 9.17) is 4.42 Å². The van der Waals surface area contributed by atoms with Crippen LogP contribution < -0.4 is 5.63 Å². The number of benzene rings is 2. The molecular weight excluding hydrogens is 292 g/mol. The highest BCUT2D eigenvalue weighted by atomic mass is 16.4. The summed E-state index contributed by atoms with van der Waals surface area (Å²) in [4.78, 5) is 24.2. The van der Waals surface area contributed by atoms with Crippen molar-refractivity contribution in [2.24, 2.45) is 0 Å². The van der Waals surface area contributed by atoms with E-state index < -0.39 is 5.63 Å². The summed E-state index contributed by atoms with van der Waals surface area (Å²) in [5.74, 6) is -0.175. The van der Waals surface area contributed by atoms with E-state index in [0.717, 1.165) is 5.56 Å². The number of carbonyl (C=O) groups is 1. The van der Waals surface area contributed by atoms with Gasteiger partial charge in [0.25, 0.3) is 0 Å². The zero-order chi connectivity index (χ0) is 16.4. The lowest BCUT2D eigenvalue weighted by Crippen LogP contribution is -2.10. The Labute approximate surface area is 133 Å². The molecule has 4 nitrogen and oxygen atoms in total. The third-order valence-corrected chi connectivity index (χ3v) is 3.85. The molecule has 1 aromatic heterocycles. The van der Waals surface area contributed by atoms with Crippen molar-refractivity contribution in [3.63, 3.8) is 0 Å². The molecule has 2 aromatic carbocycles. The zero-order valence-corrected chi connectivity index (χ0v) is 12.7. The quantitative estimate of drug-likeness (QED) is 0.590. The lowest BCUT2D eigenvalue weighted by atomic mass is 10.0. The molecule has 0 radical (unpaired) electrons. The summed E-state index contributed by atoms with van der Waals surface area (Å²) in [6, 6.07) is 14.1. The van der Waals surface area contributed by atoms with Crippen LogP contribution in [0, 0.1) is 6.92 Å². The number of Topliss-reactive ketones (excluding diaryl/α,β-unsaturated/α-hetero) is 1. The summed E-state index contributed by atoms with van der Waals surface area (Å²) < 4.78 is 5.20. The highest BCUT2D eigenvalue weighted by molar-refractivity contribution is 5.96. The molecule has 4 heteroatoms. The molecule has 116 valence electrons. The van der Waals surface area contributed by atoms with Crippen molar-refractivity contribution in [2.75, 3.05) is 0 Å². The fraction of sp³-hybridized carbons (Fsp3) is 0.158. The summed E-state index contributed by atoms with van der Waals surface area (Å²) in [5, 5.41) is 10.8. The van der Waals surface area contributed by atoms with Crippen molar-refractivity contribution in [3.05, 3.63) is 75.6 Å². The first-order chi connectivity index (χ1) is 11.1. The summed E-state index contributed by atoms with van der Waals surface area (Å²) in [5.41, 5.74) is 1.56. The van der Waals surface area contributed by atoms with E-state index in [-0.39, 0.29) is 29.9 Å². The van der Waals surface area contributed by atoms with Crippen LogP contribution in [0.5, 0.6) is 5.75 Å². The average molecular weight is 308 g/mol. The minimum Gasteiger partial charge on any atom is -0.507 e. The van der Waals surface area contributed by atoms with Crippen molar-refractivity contribution in [2.45, 2.75) is 19.8 Å². The predicted molar refractivity (Wildman–Crippen MR) is 88.0 cm³/mol. The van der Waals surface area contributed by atoms with E-state index in [1.165, 1.54) is 0 Å². The second kappa shape index (κ2) is 6.08. The fourth-order valence-corrected chi connectivity index (χ4v) is 2.51. The number of fused-ring (bicyclic) bond motifs is 1. The van der Waals surface area contributed by atoms with Crippen LogP contribution >= 0.6 is 0 Å². The van der Waals surface area contributed by atoms with Crippen molar-refractivity contribution in [1.29, 1.82) is 0 Å². The number of aryl methyl sites for hydroxylation is 1. The summed E-state index contributed by atoms with van der Waals surface area (Å²) >= 11 is 0. The van der Waals surface area contributed by atoms with Crippen molar-refractivity contribution < 1.29 is 14.3 Å². The molecule has 0 saturated carbocycles. The highest BCUT2D eigenvalue weighted by Gasteiger charge is 2.15. The van der Waals surface area contributed by atoms with Gasteiger partial charge < -0.3 is 9.52 Å². The molecule has 0 saturated heterocycles. The first-order valence-corrected chi connectivity index (χ1v) is 7.40.